The number of hydrogen-bond donors (Lipinski definition) is 1. The summed E-state index contributed by atoms with van der Waals surface area (Å²) in [7, 11) is 0. The number of fused-ring (bicyclic) bond motifs is 1. The van der Waals surface area contributed by atoms with Crippen LogP contribution in [0.25, 0.3) is 0 Å². The summed E-state index contributed by atoms with van der Waals surface area (Å²) in [5.41, 5.74) is 2.35. The standard InChI is InChI=1S/C13H23N/c1-10-8-11-13(9-10,12(2,3)4)6-5-7-14-11/h11,14H,1,5-9H2,2-4H3. The topological polar surface area (TPSA) is 12.0 Å². The molecular formula is C13H23N. The van der Waals surface area contributed by atoms with Gasteiger partial charge in [-0.15, -0.1) is 0 Å². The summed E-state index contributed by atoms with van der Waals surface area (Å²) in [4.78, 5) is 0. The SMILES string of the molecule is C=C1CC2NCCCC2(C(C)(C)C)C1. The van der Waals surface area contributed by atoms with E-state index in [2.05, 4.69) is 32.7 Å². The zero-order chi connectivity index (χ0) is 10.4. The third kappa shape index (κ3) is 1.33. The molecule has 0 aromatic rings. The Morgan fingerprint density at radius 1 is 1.43 bits per heavy atom. The van der Waals surface area contributed by atoms with Crippen molar-refractivity contribution in [3.8, 4) is 0 Å². The Bertz CT molecular complexity index is 248. The van der Waals surface area contributed by atoms with Crippen LogP contribution in [0.15, 0.2) is 12.2 Å². The van der Waals surface area contributed by atoms with E-state index in [-0.39, 0.29) is 0 Å². The van der Waals surface area contributed by atoms with Crippen LogP contribution < -0.4 is 5.32 Å². The molecule has 80 valence electrons. The van der Waals surface area contributed by atoms with Crippen LogP contribution in [0.4, 0.5) is 0 Å². The summed E-state index contributed by atoms with van der Waals surface area (Å²) in [6.07, 6.45) is 5.17. The Labute approximate surface area is 88.0 Å². The summed E-state index contributed by atoms with van der Waals surface area (Å²) in [5.74, 6) is 0. The molecule has 2 unspecified atom stereocenters. The van der Waals surface area contributed by atoms with E-state index in [0.717, 1.165) is 0 Å². The highest BCUT2D eigenvalue weighted by Gasteiger charge is 2.52. The third-order valence-corrected chi connectivity index (χ3v) is 4.41. The molecule has 1 saturated heterocycles. The van der Waals surface area contributed by atoms with Crippen molar-refractivity contribution in [2.75, 3.05) is 6.54 Å². The van der Waals surface area contributed by atoms with Gasteiger partial charge in [0.05, 0.1) is 0 Å². The molecule has 2 rings (SSSR count). The first-order valence-corrected chi connectivity index (χ1v) is 5.86. The minimum absolute atomic E-state index is 0.407. The molecule has 1 aliphatic heterocycles. The van der Waals surface area contributed by atoms with Crippen LogP contribution in [0.5, 0.6) is 0 Å². The lowest BCUT2D eigenvalue weighted by molar-refractivity contribution is 0.0302. The smallest absolute Gasteiger partial charge is 0.0169 e. The molecule has 0 aromatic heterocycles. The molecule has 1 aliphatic carbocycles. The predicted octanol–water partition coefficient (Wildman–Crippen LogP) is 3.12. The van der Waals surface area contributed by atoms with Gasteiger partial charge >= 0.3 is 0 Å². The Balaban J connectivity index is 2.32. The maximum atomic E-state index is 4.20. The normalized spacial score (nSPS) is 38.5. The Hall–Kier alpha value is -0.300. The summed E-state index contributed by atoms with van der Waals surface area (Å²) in [6.45, 7) is 12.6. The maximum Gasteiger partial charge on any atom is 0.0169 e. The van der Waals surface area contributed by atoms with E-state index in [1.165, 1.54) is 37.8 Å². The molecule has 1 nitrogen and oxygen atoms in total. The van der Waals surface area contributed by atoms with Gasteiger partial charge in [0.1, 0.15) is 0 Å². The van der Waals surface area contributed by atoms with Gasteiger partial charge < -0.3 is 5.32 Å². The molecule has 2 aliphatic rings. The van der Waals surface area contributed by atoms with Crippen molar-refractivity contribution in [1.82, 2.24) is 5.32 Å². The molecule has 0 spiro atoms. The van der Waals surface area contributed by atoms with E-state index in [9.17, 15) is 0 Å². The molecule has 14 heavy (non-hydrogen) atoms. The minimum atomic E-state index is 0.407. The fourth-order valence-corrected chi connectivity index (χ4v) is 3.50. The quantitative estimate of drug-likeness (QED) is 0.583. The van der Waals surface area contributed by atoms with Gasteiger partial charge in [0.15, 0.2) is 0 Å². The van der Waals surface area contributed by atoms with Gasteiger partial charge in [-0.1, -0.05) is 32.9 Å². The molecule has 1 heterocycles. The van der Waals surface area contributed by atoms with Gasteiger partial charge in [-0.05, 0) is 43.1 Å². The average molecular weight is 193 g/mol. The average Bonchev–Trinajstić information content (AvgIpc) is 2.40. The van der Waals surface area contributed by atoms with Crippen LogP contribution in [0.1, 0.15) is 46.5 Å². The second-order valence-corrected chi connectivity index (χ2v) is 6.15. The second-order valence-electron chi connectivity index (χ2n) is 6.15. The largest absolute Gasteiger partial charge is 0.313 e. The van der Waals surface area contributed by atoms with Gasteiger partial charge in [0.2, 0.25) is 0 Å². The van der Waals surface area contributed by atoms with E-state index >= 15 is 0 Å². The Kier molecular flexibility index (Phi) is 2.26. The lowest BCUT2D eigenvalue weighted by Gasteiger charge is -2.49. The zero-order valence-corrected chi connectivity index (χ0v) is 9.82. The van der Waals surface area contributed by atoms with Crippen LogP contribution in [0, 0.1) is 10.8 Å². The van der Waals surface area contributed by atoms with Gasteiger partial charge in [0.25, 0.3) is 0 Å². The third-order valence-electron chi connectivity index (χ3n) is 4.41. The lowest BCUT2D eigenvalue weighted by atomic mass is 9.60. The first-order chi connectivity index (χ1) is 6.46. The van der Waals surface area contributed by atoms with E-state index in [0.29, 0.717) is 16.9 Å². The molecule has 0 radical (unpaired) electrons. The highest BCUT2D eigenvalue weighted by molar-refractivity contribution is 5.19. The number of nitrogens with one attached hydrogen (secondary N) is 1. The summed E-state index contributed by atoms with van der Waals surface area (Å²) < 4.78 is 0. The van der Waals surface area contributed by atoms with Crippen molar-refractivity contribution in [1.29, 1.82) is 0 Å². The Morgan fingerprint density at radius 2 is 2.14 bits per heavy atom. The van der Waals surface area contributed by atoms with Crippen LogP contribution in [-0.4, -0.2) is 12.6 Å². The van der Waals surface area contributed by atoms with Gasteiger partial charge in [-0.25, -0.2) is 0 Å². The van der Waals surface area contributed by atoms with E-state index in [4.69, 9.17) is 0 Å². The van der Waals surface area contributed by atoms with Crippen LogP contribution in [-0.2, 0) is 0 Å². The molecule has 2 fully saturated rings. The summed E-state index contributed by atoms with van der Waals surface area (Å²) in [5, 5.41) is 3.70. The number of hydrogen-bond acceptors (Lipinski definition) is 1. The molecule has 2 atom stereocenters. The highest BCUT2D eigenvalue weighted by Crippen LogP contribution is 2.56. The van der Waals surface area contributed by atoms with E-state index in [1.54, 1.807) is 0 Å². The molecular weight excluding hydrogens is 170 g/mol. The lowest BCUT2D eigenvalue weighted by Crippen LogP contribution is -2.52. The number of piperidine rings is 1. The van der Waals surface area contributed by atoms with Gasteiger partial charge in [0, 0.05) is 6.04 Å². The van der Waals surface area contributed by atoms with Crippen LogP contribution in [0.3, 0.4) is 0 Å². The molecule has 1 N–H and O–H groups in total. The fraction of sp³-hybridized carbons (Fsp3) is 0.846. The first kappa shape index (κ1) is 10.2. The van der Waals surface area contributed by atoms with Crippen LogP contribution >= 0.6 is 0 Å². The fourth-order valence-electron chi connectivity index (χ4n) is 3.50. The summed E-state index contributed by atoms with van der Waals surface area (Å²) in [6, 6.07) is 0.698. The van der Waals surface area contributed by atoms with Crippen molar-refractivity contribution in [3.63, 3.8) is 0 Å². The predicted molar refractivity (Wildman–Crippen MR) is 61.3 cm³/mol. The van der Waals surface area contributed by atoms with Crippen molar-refractivity contribution in [2.45, 2.75) is 52.5 Å². The molecule has 0 aromatic carbocycles. The van der Waals surface area contributed by atoms with Crippen molar-refractivity contribution < 1.29 is 0 Å². The van der Waals surface area contributed by atoms with Crippen molar-refractivity contribution in [3.05, 3.63) is 12.2 Å². The molecule has 0 amide bonds. The van der Waals surface area contributed by atoms with Gasteiger partial charge in [-0.3, -0.25) is 0 Å². The highest BCUT2D eigenvalue weighted by atomic mass is 15.0. The summed E-state index contributed by atoms with van der Waals surface area (Å²) >= 11 is 0. The minimum Gasteiger partial charge on any atom is -0.313 e. The molecule has 1 saturated carbocycles. The van der Waals surface area contributed by atoms with E-state index in [1.807, 2.05) is 0 Å². The van der Waals surface area contributed by atoms with E-state index < -0.39 is 0 Å². The van der Waals surface area contributed by atoms with Gasteiger partial charge in [-0.2, -0.15) is 0 Å². The zero-order valence-electron chi connectivity index (χ0n) is 9.82. The molecule has 0 bridgehead atoms. The first-order valence-electron chi connectivity index (χ1n) is 5.86. The maximum absolute atomic E-state index is 4.20. The number of rotatable bonds is 0. The van der Waals surface area contributed by atoms with Crippen LogP contribution in [0.2, 0.25) is 0 Å². The van der Waals surface area contributed by atoms with Crippen molar-refractivity contribution in [2.24, 2.45) is 10.8 Å². The second kappa shape index (κ2) is 3.10. The molecule has 1 heteroatoms. The Morgan fingerprint density at radius 3 is 2.71 bits per heavy atom. The van der Waals surface area contributed by atoms with Crippen molar-refractivity contribution >= 4 is 0 Å². The monoisotopic (exact) mass is 193 g/mol.